The van der Waals surface area contributed by atoms with Gasteiger partial charge in [0.2, 0.25) is 6.79 Å². The number of hydrogen-bond donors (Lipinski definition) is 1. The van der Waals surface area contributed by atoms with Crippen LogP contribution in [-0.2, 0) is 9.53 Å². The van der Waals surface area contributed by atoms with E-state index in [1.807, 2.05) is 0 Å². The number of amides is 1. The minimum atomic E-state index is -1.09. The molecule has 118 valence electrons. The predicted octanol–water partition coefficient (Wildman–Crippen LogP) is 1.38. The number of nitrogens with zero attached hydrogens (tertiary/aromatic N) is 1. The molecule has 7 nitrogen and oxygen atoms in total. The molecule has 0 saturated carbocycles. The third kappa shape index (κ3) is 2.69. The standard InChI is InChI=1S/C14H14ClNO6/c1-7-4-16(5-11(22-7)14(18)19)13(17)8-2-9(15)12-10(3-8)20-6-21-12/h2-3,7,11H,4-6H2,1H3,(H,18,19)/t7-,11?/m1/s1. The number of benzene rings is 1. The number of halogens is 1. The minimum absolute atomic E-state index is 0.00936. The molecule has 8 heteroatoms. The van der Waals surface area contributed by atoms with Crippen LogP contribution in [0.2, 0.25) is 5.02 Å². The SMILES string of the molecule is C[C@@H]1CN(C(=O)c2cc(Cl)c3c(c2)OCO3)CC(C(=O)O)O1. The Hall–Kier alpha value is -1.99. The van der Waals surface area contributed by atoms with Crippen LogP contribution in [0.1, 0.15) is 17.3 Å². The van der Waals surface area contributed by atoms with Crippen molar-refractivity contribution in [2.24, 2.45) is 0 Å². The average Bonchev–Trinajstić information content (AvgIpc) is 2.94. The summed E-state index contributed by atoms with van der Waals surface area (Å²) in [6, 6.07) is 3.04. The van der Waals surface area contributed by atoms with Gasteiger partial charge in [-0.05, 0) is 19.1 Å². The van der Waals surface area contributed by atoms with Crippen LogP contribution in [-0.4, -0.2) is 54.0 Å². The lowest BCUT2D eigenvalue weighted by molar-refractivity contribution is -0.160. The Labute approximate surface area is 131 Å². The largest absolute Gasteiger partial charge is 0.479 e. The highest BCUT2D eigenvalue weighted by molar-refractivity contribution is 6.32. The molecule has 0 spiro atoms. The molecule has 0 aliphatic carbocycles. The molecule has 1 amide bonds. The molecule has 2 atom stereocenters. The zero-order valence-electron chi connectivity index (χ0n) is 11.7. The van der Waals surface area contributed by atoms with Gasteiger partial charge in [-0.15, -0.1) is 0 Å². The van der Waals surface area contributed by atoms with Crippen LogP contribution < -0.4 is 9.47 Å². The summed E-state index contributed by atoms with van der Waals surface area (Å²) >= 11 is 6.07. The van der Waals surface area contributed by atoms with E-state index in [1.54, 1.807) is 13.0 Å². The average molecular weight is 328 g/mol. The van der Waals surface area contributed by atoms with Crippen LogP contribution in [0.4, 0.5) is 0 Å². The molecule has 2 heterocycles. The Morgan fingerprint density at radius 1 is 1.32 bits per heavy atom. The van der Waals surface area contributed by atoms with E-state index >= 15 is 0 Å². The highest BCUT2D eigenvalue weighted by Crippen LogP contribution is 2.40. The van der Waals surface area contributed by atoms with Crippen molar-refractivity contribution in [1.82, 2.24) is 4.90 Å². The summed E-state index contributed by atoms with van der Waals surface area (Å²) in [6.45, 7) is 2.09. The Morgan fingerprint density at radius 3 is 2.82 bits per heavy atom. The molecule has 1 aromatic rings. The van der Waals surface area contributed by atoms with Crippen molar-refractivity contribution >= 4 is 23.5 Å². The second-order valence-corrected chi connectivity index (χ2v) is 5.58. The van der Waals surface area contributed by atoms with Gasteiger partial charge in [-0.25, -0.2) is 4.79 Å². The molecule has 22 heavy (non-hydrogen) atoms. The van der Waals surface area contributed by atoms with Crippen molar-refractivity contribution in [2.45, 2.75) is 19.1 Å². The first kappa shape index (κ1) is 14.9. The second-order valence-electron chi connectivity index (χ2n) is 5.18. The number of rotatable bonds is 2. The van der Waals surface area contributed by atoms with Crippen molar-refractivity contribution in [3.63, 3.8) is 0 Å². The number of carbonyl (C=O) groups excluding carboxylic acids is 1. The van der Waals surface area contributed by atoms with Gasteiger partial charge >= 0.3 is 5.97 Å². The van der Waals surface area contributed by atoms with Crippen molar-refractivity contribution in [2.75, 3.05) is 19.9 Å². The Balaban J connectivity index is 1.84. The molecule has 0 bridgehead atoms. The molecule has 2 aliphatic heterocycles. The number of fused-ring (bicyclic) bond motifs is 1. The van der Waals surface area contributed by atoms with Gasteiger partial charge < -0.3 is 24.2 Å². The highest BCUT2D eigenvalue weighted by atomic mass is 35.5. The van der Waals surface area contributed by atoms with Gasteiger partial charge in [-0.2, -0.15) is 0 Å². The van der Waals surface area contributed by atoms with Gasteiger partial charge in [-0.1, -0.05) is 11.6 Å². The lowest BCUT2D eigenvalue weighted by Gasteiger charge is -2.35. The first-order valence-electron chi connectivity index (χ1n) is 6.72. The molecule has 1 fully saturated rings. The summed E-state index contributed by atoms with van der Waals surface area (Å²) in [6.07, 6.45) is -1.39. The van der Waals surface area contributed by atoms with Crippen LogP contribution in [0.25, 0.3) is 0 Å². The third-order valence-corrected chi connectivity index (χ3v) is 3.78. The monoisotopic (exact) mass is 327 g/mol. The molecule has 1 aromatic carbocycles. The molecule has 3 rings (SSSR count). The van der Waals surface area contributed by atoms with E-state index in [1.165, 1.54) is 11.0 Å². The summed E-state index contributed by atoms with van der Waals surface area (Å²) in [4.78, 5) is 25.1. The molecule has 1 N–H and O–H groups in total. The van der Waals surface area contributed by atoms with E-state index in [2.05, 4.69) is 0 Å². The molecule has 1 saturated heterocycles. The summed E-state index contributed by atoms with van der Waals surface area (Å²) in [5.74, 6) is -0.585. The van der Waals surface area contributed by atoms with Crippen LogP contribution in [0.3, 0.4) is 0 Å². The number of aliphatic carboxylic acids is 1. The molecule has 0 aromatic heterocycles. The molecular formula is C14H14ClNO6. The predicted molar refractivity (Wildman–Crippen MR) is 75.4 cm³/mol. The van der Waals surface area contributed by atoms with Gasteiger partial charge in [0.05, 0.1) is 17.7 Å². The fourth-order valence-electron chi connectivity index (χ4n) is 2.53. The van der Waals surface area contributed by atoms with Crippen molar-refractivity contribution in [3.05, 3.63) is 22.7 Å². The second kappa shape index (κ2) is 5.66. The van der Waals surface area contributed by atoms with E-state index in [0.29, 0.717) is 23.6 Å². The Morgan fingerprint density at radius 2 is 2.09 bits per heavy atom. The number of carboxylic acids is 1. The quantitative estimate of drug-likeness (QED) is 0.883. The van der Waals surface area contributed by atoms with E-state index in [0.717, 1.165) is 0 Å². The summed E-state index contributed by atoms with van der Waals surface area (Å²) in [5, 5.41) is 9.36. The number of carbonyl (C=O) groups is 2. The van der Waals surface area contributed by atoms with Gasteiger partial charge in [-0.3, -0.25) is 4.79 Å². The smallest absolute Gasteiger partial charge is 0.334 e. The number of hydrogen-bond acceptors (Lipinski definition) is 5. The van der Waals surface area contributed by atoms with Crippen molar-refractivity contribution < 1.29 is 28.9 Å². The normalized spacial score (nSPS) is 23.5. The lowest BCUT2D eigenvalue weighted by atomic mass is 10.1. The lowest BCUT2D eigenvalue weighted by Crippen LogP contribution is -2.51. The number of morpholine rings is 1. The maximum absolute atomic E-state index is 12.6. The first-order chi connectivity index (χ1) is 10.5. The zero-order valence-corrected chi connectivity index (χ0v) is 12.5. The van der Waals surface area contributed by atoms with Crippen molar-refractivity contribution in [3.8, 4) is 11.5 Å². The van der Waals surface area contributed by atoms with Crippen LogP contribution in [0.15, 0.2) is 12.1 Å². The fourth-order valence-corrected chi connectivity index (χ4v) is 2.79. The Kier molecular flexibility index (Phi) is 3.84. The number of carboxylic acid groups (broad SMARTS) is 1. The third-order valence-electron chi connectivity index (χ3n) is 3.50. The molecule has 0 radical (unpaired) electrons. The first-order valence-corrected chi connectivity index (χ1v) is 7.10. The maximum Gasteiger partial charge on any atom is 0.334 e. The van der Waals surface area contributed by atoms with Gasteiger partial charge in [0, 0.05) is 12.1 Å². The van der Waals surface area contributed by atoms with Crippen LogP contribution in [0, 0.1) is 0 Å². The summed E-state index contributed by atoms with van der Waals surface area (Å²) < 4.78 is 15.7. The van der Waals surface area contributed by atoms with E-state index in [4.69, 9.17) is 30.9 Å². The van der Waals surface area contributed by atoms with Gasteiger partial charge in [0.1, 0.15) is 0 Å². The van der Waals surface area contributed by atoms with Gasteiger partial charge in [0.25, 0.3) is 5.91 Å². The van der Waals surface area contributed by atoms with Crippen LogP contribution >= 0.6 is 11.6 Å². The fraction of sp³-hybridized carbons (Fsp3) is 0.429. The van der Waals surface area contributed by atoms with Gasteiger partial charge in [0.15, 0.2) is 17.6 Å². The minimum Gasteiger partial charge on any atom is -0.479 e. The van der Waals surface area contributed by atoms with Crippen LogP contribution in [0.5, 0.6) is 11.5 Å². The summed E-state index contributed by atoms with van der Waals surface area (Å²) in [5.41, 5.74) is 0.326. The topological polar surface area (TPSA) is 85.3 Å². The maximum atomic E-state index is 12.6. The molecule has 2 aliphatic rings. The zero-order chi connectivity index (χ0) is 15.9. The Bertz CT molecular complexity index is 634. The summed E-state index contributed by atoms with van der Waals surface area (Å²) in [7, 11) is 0. The highest BCUT2D eigenvalue weighted by Gasteiger charge is 2.33. The van der Waals surface area contributed by atoms with E-state index in [9.17, 15) is 9.59 Å². The van der Waals surface area contributed by atoms with Crippen molar-refractivity contribution in [1.29, 1.82) is 0 Å². The number of ether oxygens (including phenoxy) is 3. The van der Waals surface area contributed by atoms with E-state index in [-0.39, 0.29) is 30.4 Å². The molecular weight excluding hydrogens is 314 g/mol. The molecule has 1 unspecified atom stereocenters. The van der Waals surface area contributed by atoms with E-state index < -0.39 is 12.1 Å².